The van der Waals surface area contributed by atoms with E-state index in [9.17, 15) is 19.7 Å². The summed E-state index contributed by atoms with van der Waals surface area (Å²) in [4.78, 5) is 34.8. The second kappa shape index (κ2) is 8.28. The van der Waals surface area contributed by atoms with Crippen LogP contribution in [0.5, 0.6) is 0 Å². The normalized spacial score (nSPS) is 11.6. The molecule has 2 aromatic heterocycles. The van der Waals surface area contributed by atoms with E-state index in [0.717, 1.165) is 22.6 Å². The maximum absolute atomic E-state index is 12.2. The van der Waals surface area contributed by atoms with Crippen molar-refractivity contribution in [2.75, 3.05) is 6.61 Å². The molecule has 9 heteroatoms. The third-order valence-corrected chi connectivity index (χ3v) is 4.51. The van der Waals surface area contributed by atoms with E-state index >= 15 is 0 Å². The molecule has 138 valence electrons. The highest BCUT2D eigenvalue weighted by Crippen LogP contribution is 2.25. The van der Waals surface area contributed by atoms with Crippen LogP contribution in [0.1, 0.15) is 27.0 Å². The number of ether oxygens (including phenoxy) is 1. The molecule has 1 amide bonds. The molecule has 1 N–H and O–H groups in total. The van der Waals surface area contributed by atoms with E-state index in [1.807, 2.05) is 47.8 Å². The molecule has 0 aliphatic rings. The number of thiophene rings is 1. The van der Waals surface area contributed by atoms with Crippen LogP contribution in [0.15, 0.2) is 64.4 Å². The van der Waals surface area contributed by atoms with Gasteiger partial charge in [0.25, 0.3) is 5.91 Å². The summed E-state index contributed by atoms with van der Waals surface area (Å²) in [6, 6.07) is 15.0. The van der Waals surface area contributed by atoms with Gasteiger partial charge in [-0.05, 0) is 23.1 Å². The van der Waals surface area contributed by atoms with Crippen LogP contribution >= 0.6 is 11.3 Å². The molecular weight excluding hydrogens is 372 g/mol. The van der Waals surface area contributed by atoms with Gasteiger partial charge in [-0.1, -0.05) is 36.4 Å². The van der Waals surface area contributed by atoms with Crippen molar-refractivity contribution in [2.45, 2.75) is 6.04 Å². The van der Waals surface area contributed by atoms with Crippen LogP contribution in [0, 0.1) is 10.1 Å². The summed E-state index contributed by atoms with van der Waals surface area (Å²) < 4.78 is 9.62. The molecule has 0 aliphatic carbocycles. The van der Waals surface area contributed by atoms with Crippen molar-refractivity contribution in [3.05, 3.63) is 86.3 Å². The van der Waals surface area contributed by atoms with Gasteiger partial charge < -0.3 is 14.5 Å². The largest absolute Gasteiger partial charge is 0.450 e. The number of carbonyl (C=O) groups excluding carboxylic acids is 2. The maximum atomic E-state index is 12.2. The van der Waals surface area contributed by atoms with E-state index in [1.54, 1.807) is 0 Å². The highest BCUT2D eigenvalue weighted by Gasteiger charge is 2.21. The Labute approximate surface area is 157 Å². The fourth-order valence-electron chi connectivity index (χ4n) is 2.36. The van der Waals surface area contributed by atoms with Crippen LogP contribution < -0.4 is 5.32 Å². The summed E-state index contributed by atoms with van der Waals surface area (Å²) >= 11 is 1.49. The molecule has 8 nitrogen and oxygen atoms in total. The van der Waals surface area contributed by atoms with Crippen molar-refractivity contribution < 1.29 is 23.7 Å². The van der Waals surface area contributed by atoms with Gasteiger partial charge in [0.05, 0.1) is 12.1 Å². The first-order valence-corrected chi connectivity index (χ1v) is 8.71. The quantitative estimate of drug-likeness (QED) is 0.379. The Balaban J connectivity index is 1.62. The number of carbonyl (C=O) groups is 2. The van der Waals surface area contributed by atoms with Crippen molar-refractivity contribution in [1.29, 1.82) is 0 Å². The number of nitro groups is 1. The maximum Gasteiger partial charge on any atom is 0.433 e. The minimum Gasteiger partial charge on any atom is -0.450 e. The van der Waals surface area contributed by atoms with E-state index in [2.05, 4.69) is 5.32 Å². The lowest BCUT2D eigenvalue weighted by molar-refractivity contribution is -0.402. The van der Waals surface area contributed by atoms with Crippen LogP contribution in [-0.4, -0.2) is 23.4 Å². The van der Waals surface area contributed by atoms with E-state index in [0.29, 0.717) is 0 Å². The molecule has 1 aromatic carbocycles. The molecule has 0 bridgehead atoms. The Morgan fingerprint density at radius 3 is 2.56 bits per heavy atom. The van der Waals surface area contributed by atoms with E-state index in [1.165, 1.54) is 11.3 Å². The summed E-state index contributed by atoms with van der Waals surface area (Å²) in [5.74, 6) is -2.38. The second-order valence-electron chi connectivity index (χ2n) is 5.40. The zero-order valence-corrected chi connectivity index (χ0v) is 14.7. The Morgan fingerprint density at radius 1 is 1.15 bits per heavy atom. The molecule has 0 fully saturated rings. The summed E-state index contributed by atoms with van der Waals surface area (Å²) in [5.41, 5.74) is 0.890. The highest BCUT2D eigenvalue weighted by molar-refractivity contribution is 7.10. The van der Waals surface area contributed by atoms with Crippen molar-refractivity contribution in [3.8, 4) is 0 Å². The Morgan fingerprint density at radius 2 is 1.93 bits per heavy atom. The van der Waals surface area contributed by atoms with Crippen molar-refractivity contribution in [2.24, 2.45) is 0 Å². The Bertz CT molecular complexity index is 936. The summed E-state index contributed by atoms with van der Waals surface area (Å²) in [7, 11) is 0. The number of nitrogens with zero attached hydrogens (tertiary/aromatic N) is 1. The number of hydrogen-bond donors (Lipinski definition) is 1. The molecule has 1 atom stereocenters. The molecule has 3 rings (SSSR count). The molecule has 3 aromatic rings. The smallest absolute Gasteiger partial charge is 0.433 e. The predicted molar refractivity (Wildman–Crippen MR) is 96.4 cm³/mol. The Hall–Kier alpha value is -3.46. The molecule has 0 spiro atoms. The van der Waals surface area contributed by atoms with Gasteiger partial charge in [-0.25, -0.2) is 4.79 Å². The van der Waals surface area contributed by atoms with Crippen molar-refractivity contribution in [1.82, 2.24) is 5.32 Å². The number of nitrogens with one attached hydrogen (secondary N) is 1. The van der Waals surface area contributed by atoms with Gasteiger partial charge in [0.1, 0.15) is 4.92 Å². The second-order valence-corrected chi connectivity index (χ2v) is 6.38. The Kier molecular flexibility index (Phi) is 5.62. The standard InChI is InChI=1S/C18H14N2O6S/c21-15(11-25-18(22)13-8-9-16(26-13)20(23)24)19-17(14-7-4-10-27-14)12-5-2-1-3-6-12/h1-10,17H,11H2,(H,19,21)/t17-/m0/s1. The van der Waals surface area contributed by atoms with Crippen LogP contribution in [0.4, 0.5) is 5.88 Å². The van der Waals surface area contributed by atoms with Crippen molar-refractivity contribution >= 4 is 29.1 Å². The first-order valence-electron chi connectivity index (χ1n) is 7.83. The van der Waals surface area contributed by atoms with Crippen LogP contribution in [0.3, 0.4) is 0 Å². The molecule has 0 unspecified atom stereocenters. The number of benzene rings is 1. The third kappa shape index (κ3) is 4.59. The summed E-state index contributed by atoms with van der Waals surface area (Å²) in [5, 5.41) is 15.3. The molecule has 27 heavy (non-hydrogen) atoms. The average molecular weight is 386 g/mol. The van der Waals surface area contributed by atoms with E-state index in [4.69, 9.17) is 9.15 Å². The minimum absolute atomic E-state index is 0.340. The first-order chi connectivity index (χ1) is 13.0. The van der Waals surface area contributed by atoms with Gasteiger partial charge in [-0.3, -0.25) is 14.9 Å². The predicted octanol–water partition coefficient (Wildman–Crippen LogP) is 3.31. The van der Waals surface area contributed by atoms with E-state index in [-0.39, 0.29) is 11.8 Å². The number of esters is 1. The lowest BCUT2D eigenvalue weighted by atomic mass is 10.1. The first kappa shape index (κ1) is 18.3. The van der Waals surface area contributed by atoms with E-state index < -0.39 is 29.3 Å². The molecule has 0 radical (unpaired) electrons. The molecule has 0 saturated heterocycles. The monoisotopic (exact) mass is 386 g/mol. The highest BCUT2D eigenvalue weighted by atomic mass is 32.1. The number of rotatable bonds is 7. The molecule has 0 aliphatic heterocycles. The molecular formula is C18H14N2O6S. The van der Waals surface area contributed by atoms with Gasteiger partial charge in [-0.15, -0.1) is 11.3 Å². The fraction of sp³-hybridized carbons (Fsp3) is 0.111. The minimum atomic E-state index is -0.953. The lowest BCUT2D eigenvalue weighted by Crippen LogP contribution is -2.32. The zero-order valence-electron chi connectivity index (χ0n) is 13.9. The fourth-order valence-corrected chi connectivity index (χ4v) is 3.16. The van der Waals surface area contributed by atoms with Gasteiger partial charge in [0, 0.05) is 4.88 Å². The summed E-state index contributed by atoms with van der Waals surface area (Å²) in [6.07, 6.45) is 0. The average Bonchev–Trinajstić information content (AvgIpc) is 3.36. The van der Waals surface area contributed by atoms with Gasteiger partial charge in [-0.2, -0.15) is 0 Å². The van der Waals surface area contributed by atoms with Crippen LogP contribution in [-0.2, 0) is 9.53 Å². The zero-order chi connectivity index (χ0) is 19.2. The number of furan rings is 1. The molecule has 0 saturated carbocycles. The van der Waals surface area contributed by atoms with Crippen molar-refractivity contribution in [3.63, 3.8) is 0 Å². The molecule has 2 heterocycles. The topological polar surface area (TPSA) is 112 Å². The number of hydrogen-bond acceptors (Lipinski definition) is 7. The number of amides is 1. The SMILES string of the molecule is O=C(COC(=O)c1ccc([N+](=O)[O-])o1)N[C@@H](c1ccccc1)c1cccs1. The third-order valence-electron chi connectivity index (χ3n) is 3.57. The van der Waals surface area contributed by atoms with Crippen LogP contribution in [0.25, 0.3) is 0 Å². The van der Waals surface area contributed by atoms with Crippen LogP contribution in [0.2, 0.25) is 0 Å². The van der Waals surface area contributed by atoms with Gasteiger partial charge >= 0.3 is 11.9 Å². The van der Waals surface area contributed by atoms with Gasteiger partial charge in [0.2, 0.25) is 5.76 Å². The van der Waals surface area contributed by atoms with Gasteiger partial charge in [0.15, 0.2) is 6.61 Å². The summed E-state index contributed by atoms with van der Waals surface area (Å²) in [6.45, 7) is -0.540. The lowest BCUT2D eigenvalue weighted by Gasteiger charge is -2.18.